The highest BCUT2D eigenvalue weighted by molar-refractivity contribution is 7.89. The Labute approximate surface area is 128 Å². The summed E-state index contributed by atoms with van der Waals surface area (Å²) in [5, 5.41) is 3.27. The zero-order chi connectivity index (χ0) is 15.5. The van der Waals surface area contributed by atoms with Crippen molar-refractivity contribution >= 4 is 10.0 Å². The molecule has 1 aromatic heterocycles. The summed E-state index contributed by atoms with van der Waals surface area (Å²) in [6, 6.07) is 1.75. The third-order valence-electron chi connectivity index (χ3n) is 4.39. The van der Waals surface area contributed by atoms with Gasteiger partial charge in [-0.15, -0.1) is 0 Å². The van der Waals surface area contributed by atoms with Crippen LogP contribution in [-0.4, -0.2) is 37.3 Å². The number of nitrogens with zero attached hydrogens (tertiary/aromatic N) is 1. The summed E-state index contributed by atoms with van der Waals surface area (Å²) in [6.07, 6.45) is 3.62. The molecular formula is C15H27N3O2S. The van der Waals surface area contributed by atoms with Crippen LogP contribution in [0.15, 0.2) is 17.2 Å². The first-order valence-corrected chi connectivity index (χ1v) is 9.27. The normalized spacial score (nSPS) is 24.3. The number of nitrogens with one attached hydrogen (secondary N) is 2. The first kappa shape index (κ1) is 16.5. The largest absolute Gasteiger partial charge is 0.363 e. The maximum Gasteiger partial charge on any atom is 0.244 e. The molecule has 0 radical (unpaired) electrons. The van der Waals surface area contributed by atoms with E-state index in [9.17, 15) is 8.42 Å². The second-order valence-corrected chi connectivity index (χ2v) is 8.08. The smallest absolute Gasteiger partial charge is 0.244 e. The van der Waals surface area contributed by atoms with Crippen LogP contribution >= 0.6 is 0 Å². The Kier molecular flexibility index (Phi) is 5.46. The minimum Gasteiger partial charge on any atom is -0.363 e. The predicted molar refractivity (Wildman–Crippen MR) is 84.5 cm³/mol. The van der Waals surface area contributed by atoms with Gasteiger partial charge in [0.2, 0.25) is 10.0 Å². The molecule has 2 unspecified atom stereocenters. The second-order valence-electron chi connectivity index (χ2n) is 6.14. The Bertz CT molecular complexity index is 553. The van der Waals surface area contributed by atoms with Gasteiger partial charge in [0, 0.05) is 31.5 Å². The van der Waals surface area contributed by atoms with E-state index in [1.807, 2.05) is 0 Å². The van der Waals surface area contributed by atoms with Crippen LogP contribution in [0.2, 0.25) is 0 Å². The highest BCUT2D eigenvalue weighted by Crippen LogP contribution is 2.27. The van der Waals surface area contributed by atoms with Gasteiger partial charge in [0.05, 0.1) is 4.90 Å². The molecule has 2 rings (SSSR count). The SMILES string of the molecule is CCCNCc1cc(S(=O)(=O)N2CCC(C)C(C)C2)c[nH]1. The number of aromatic nitrogens is 1. The molecule has 0 aliphatic carbocycles. The van der Waals surface area contributed by atoms with E-state index >= 15 is 0 Å². The van der Waals surface area contributed by atoms with Gasteiger partial charge < -0.3 is 10.3 Å². The van der Waals surface area contributed by atoms with Crippen molar-refractivity contribution in [3.8, 4) is 0 Å². The van der Waals surface area contributed by atoms with Crippen LogP contribution in [0, 0.1) is 11.8 Å². The molecule has 0 aromatic carbocycles. The van der Waals surface area contributed by atoms with Crippen molar-refractivity contribution in [1.29, 1.82) is 0 Å². The third kappa shape index (κ3) is 3.87. The highest BCUT2D eigenvalue weighted by Gasteiger charge is 2.32. The van der Waals surface area contributed by atoms with Gasteiger partial charge in [-0.3, -0.25) is 0 Å². The molecule has 1 saturated heterocycles. The van der Waals surface area contributed by atoms with E-state index in [2.05, 4.69) is 31.1 Å². The van der Waals surface area contributed by atoms with Crippen molar-refractivity contribution in [3.63, 3.8) is 0 Å². The standard InChI is InChI=1S/C15H27N3O2S/c1-4-6-16-9-14-8-15(10-17-14)21(19,20)18-7-5-12(2)13(3)11-18/h8,10,12-13,16-17H,4-7,9,11H2,1-3H3. The van der Waals surface area contributed by atoms with Crippen LogP contribution in [0.1, 0.15) is 39.3 Å². The topological polar surface area (TPSA) is 65.2 Å². The Morgan fingerprint density at radius 3 is 2.81 bits per heavy atom. The molecule has 2 atom stereocenters. The number of piperidine rings is 1. The predicted octanol–water partition coefficient (Wildman–Crippen LogP) is 2.18. The summed E-state index contributed by atoms with van der Waals surface area (Å²) in [5.41, 5.74) is 0.917. The van der Waals surface area contributed by atoms with E-state index in [0.29, 0.717) is 36.4 Å². The Morgan fingerprint density at radius 1 is 1.38 bits per heavy atom. The fourth-order valence-corrected chi connectivity index (χ4v) is 4.24. The summed E-state index contributed by atoms with van der Waals surface area (Å²) in [7, 11) is -3.35. The van der Waals surface area contributed by atoms with Gasteiger partial charge >= 0.3 is 0 Å². The van der Waals surface area contributed by atoms with Crippen molar-refractivity contribution in [2.45, 2.75) is 45.1 Å². The zero-order valence-corrected chi connectivity index (χ0v) is 14.0. The van der Waals surface area contributed by atoms with Gasteiger partial charge in [-0.2, -0.15) is 4.31 Å². The molecule has 2 N–H and O–H groups in total. The lowest BCUT2D eigenvalue weighted by Gasteiger charge is -2.34. The summed E-state index contributed by atoms with van der Waals surface area (Å²) >= 11 is 0. The molecule has 0 bridgehead atoms. The third-order valence-corrected chi connectivity index (χ3v) is 6.24. The number of H-pyrrole nitrogens is 1. The number of hydrogen-bond donors (Lipinski definition) is 2. The van der Waals surface area contributed by atoms with Gasteiger partial charge in [-0.25, -0.2) is 8.42 Å². The molecule has 21 heavy (non-hydrogen) atoms. The van der Waals surface area contributed by atoms with E-state index in [1.165, 1.54) is 0 Å². The zero-order valence-electron chi connectivity index (χ0n) is 13.2. The fourth-order valence-electron chi connectivity index (χ4n) is 2.66. The summed E-state index contributed by atoms with van der Waals surface area (Å²) in [5.74, 6) is 1.01. The fraction of sp³-hybridized carbons (Fsp3) is 0.733. The van der Waals surface area contributed by atoms with Crippen LogP contribution in [0.25, 0.3) is 0 Å². The van der Waals surface area contributed by atoms with Crippen LogP contribution in [-0.2, 0) is 16.6 Å². The molecule has 1 aromatic rings. The summed E-state index contributed by atoms with van der Waals surface area (Å²) in [6.45, 7) is 9.29. The van der Waals surface area contributed by atoms with Crippen molar-refractivity contribution in [1.82, 2.24) is 14.6 Å². The molecule has 120 valence electrons. The van der Waals surface area contributed by atoms with Crippen LogP contribution in [0.3, 0.4) is 0 Å². The van der Waals surface area contributed by atoms with Crippen molar-refractivity contribution in [2.75, 3.05) is 19.6 Å². The maximum absolute atomic E-state index is 12.7. The quantitative estimate of drug-likeness (QED) is 0.791. The lowest BCUT2D eigenvalue weighted by atomic mass is 9.90. The molecule has 6 heteroatoms. The first-order valence-electron chi connectivity index (χ1n) is 7.83. The van der Waals surface area contributed by atoms with Crippen LogP contribution in [0.4, 0.5) is 0 Å². The van der Waals surface area contributed by atoms with Crippen LogP contribution in [0.5, 0.6) is 0 Å². The Balaban J connectivity index is 2.06. The van der Waals surface area contributed by atoms with E-state index in [0.717, 1.165) is 25.1 Å². The van der Waals surface area contributed by atoms with Gasteiger partial charge in [0.1, 0.15) is 0 Å². The second kappa shape index (κ2) is 6.94. The van der Waals surface area contributed by atoms with Crippen molar-refractivity contribution < 1.29 is 8.42 Å². The molecule has 1 aliphatic rings. The molecule has 5 nitrogen and oxygen atoms in total. The molecule has 0 spiro atoms. The molecule has 0 amide bonds. The van der Waals surface area contributed by atoms with E-state index in [1.54, 1.807) is 16.6 Å². The molecule has 0 saturated carbocycles. The molecule has 1 aliphatic heterocycles. The van der Waals surface area contributed by atoms with E-state index in [-0.39, 0.29) is 0 Å². The van der Waals surface area contributed by atoms with E-state index in [4.69, 9.17) is 0 Å². The molecule has 2 heterocycles. The van der Waals surface area contributed by atoms with Crippen molar-refractivity contribution in [3.05, 3.63) is 18.0 Å². The lowest BCUT2D eigenvalue weighted by Crippen LogP contribution is -2.42. The number of hydrogen-bond acceptors (Lipinski definition) is 3. The molecule has 1 fully saturated rings. The van der Waals surface area contributed by atoms with Gasteiger partial charge in [-0.05, 0) is 37.3 Å². The summed E-state index contributed by atoms with van der Waals surface area (Å²) < 4.78 is 27.0. The number of sulfonamides is 1. The highest BCUT2D eigenvalue weighted by atomic mass is 32.2. The van der Waals surface area contributed by atoms with E-state index < -0.39 is 10.0 Å². The Morgan fingerprint density at radius 2 is 2.14 bits per heavy atom. The van der Waals surface area contributed by atoms with Gasteiger partial charge in [0.25, 0.3) is 0 Å². The Hall–Kier alpha value is -0.850. The average Bonchev–Trinajstić information content (AvgIpc) is 2.91. The minimum absolute atomic E-state index is 0.387. The monoisotopic (exact) mass is 313 g/mol. The number of rotatable bonds is 6. The lowest BCUT2D eigenvalue weighted by molar-refractivity contribution is 0.212. The molecular weight excluding hydrogens is 286 g/mol. The minimum atomic E-state index is -3.35. The maximum atomic E-state index is 12.7. The first-order chi connectivity index (χ1) is 9.95. The van der Waals surface area contributed by atoms with Gasteiger partial charge in [0.15, 0.2) is 0 Å². The van der Waals surface area contributed by atoms with Crippen molar-refractivity contribution in [2.24, 2.45) is 11.8 Å². The van der Waals surface area contributed by atoms with Crippen LogP contribution < -0.4 is 5.32 Å². The van der Waals surface area contributed by atoms with Gasteiger partial charge in [-0.1, -0.05) is 20.8 Å². The summed E-state index contributed by atoms with van der Waals surface area (Å²) in [4.78, 5) is 3.45. The number of aromatic amines is 1. The average molecular weight is 313 g/mol.